The van der Waals surface area contributed by atoms with Crippen LogP contribution in [0.5, 0.6) is 0 Å². The molecule has 3 unspecified atom stereocenters. The predicted molar refractivity (Wildman–Crippen MR) is 130 cm³/mol. The summed E-state index contributed by atoms with van der Waals surface area (Å²) in [5, 5.41) is 14.6. The summed E-state index contributed by atoms with van der Waals surface area (Å²) in [6.45, 7) is 4.01. The Morgan fingerprint density at radius 2 is 1.57 bits per heavy atom. The van der Waals surface area contributed by atoms with E-state index in [4.69, 9.17) is 14.6 Å². The molecule has 8 nitrogen and oxygen atoms in total. The molecule has 8 heteroatoms. The fraction of sp³-hybridized carbons (Fsp3) is 0.444. The Hall–Kier alpha value is -3.39. The van der Waals surface area contributed by atoms with Gasteiger partial charge in [-0.25, -0.2) is 4.79 Å². The van der Waals surface area contributed by atoms with E-state index in [-0.39, 0.29) is 43.6 Å². The molecular weight excluding hydrogens is 448 g/mol. The second-order valence-corrected chi connectivity index (χ2v) is 9.39. The number of benzene rings is 2. The molecule has 1 heterocycles. The Morgan fingerprint density at radius 3 is 2.14 bits per heavy atom. The molecule has 2 aromatic rings. The van der Waals surface area contributed by atoms with Gasteiger partial charge in [-0.2, -0.15) is 0 Å². The largest absolute Gasteiger partial charge is 0.481 e. The van der Waals surface area contributed by atoms with Crippen molar-refractivity contribution in [2.75, 3.05) is 6.61 Å². The van der Waals surface area contributed by atoms with Crippen LogP contribution in [0, 0.1) is 0 Å². The third-order valence-electron chi connectivity index (χ3n) is 6.64. The maximum absolute atomic E-state index is 12.9. The number of carboxylic acid groups (broad SMARTS) is 1. The summed E-state index contributed by atoms with van der Waals surface area (Å²) in [6, 6.07) is 14.9. The number of alkyl carbamates (subject to hydrolysis) is 1. The van der Waals surface area contributed by atoms with Crippen LogP contribution >= 0.6 is 0 Å². The number of amides is 2. The maximum atomic E-state index is 12.9. The highest BCUT2D eigenvalue weighted by Crippen LogP contribution is 2.44. The monoisotopic (exact) mass is 480 g/mol. The van der Waals surface area contributed by atoms with Gasteiger partial charge in [0.15, 0.2) is 0 Å². The average molecular weight is 481 g/mol. The van der Waals surface area contributed by atoms with Gasteiger partial charge in [-0.05, 0) is 55.4 Å². The lowest BCUT2D eigenvalue weighted by Crippen LogP contribution is -2.52. The van der Waals surface area contributed by atoms with Crippen LogP contribution in [0.2, 0.25) is 0 Å². The molecule has 35 heavy (non-hydrogen) atoms. The molecule has 186 valence electrons. The van der Waals surface area contributed by atoms with Crippen molar-refractivity contribution < 1.29 is 29.0 Å². The highest BCUT2D eigenvalue weighted by atomic mass is 16.5. The first-order chi connectivity index (χ1) is 16.8. The zero-order valence-corrected chi connectivity index (χ0v) is 20.0. The van der Waals surface area contributed by atoms with Crippen molar-refractivity contribution in [2.45, 2.75) is 69.7 Å². The summed E-state index contributed by atoms with van der Waals surface area (Å²) < 4.78 is 11.3. The normalized spacial score (nSPS) is 21.9. The number of carbonyl (C=O) groups excluding carboxylic acids is 2. The van der Waals surface area contributed by atoms with Gasteiger partial charge in [-0.15, -0.1) is 0 Å². The van der Waals surface area contributed by atoms with Gasteiger partial charge in [0, 0.05) is 18.4 Å². The zero-order valence-electron chi connectivity index (χ0n) is 20.0. The van der Waals surface area contributed by atoms with Gasteiger partial charge in [0.25, 0.3) is 0 Å². The third-order valence-corrected chi connectivity index (χ3v) is 6.64. The number of nitrogens with one attached hydrogen (secondary N) is 2. The highest BCUT2D eigenvalue weighted by Gasteiger charge is 2.31. The number of hydrogen-bond donors (Lipinski definition) is 3. The molecule has 0 spiro atoms. The van der Waals surface area contributed by atoms with E-state index < -0.39 is 24.0 Å². The fourth-order valence-electron chi connectivity index (χ4n) is 5.14. The summed E-state index contributed by atoms with van der Waals surface area (Å²) in [5.74, 6) is -1.55. The Labute approximate surface area is 205 Å². The molecule has 0 saturated carbocycles. The number of rotatable bonds is 8. The first-order valence-electron chi connectivity index (χ1n) is 12.1. The number of fused-ring (bicyclic) bond motifs is 3. The van der Waals surface area contributed by atoms with Crippen LogP contribution < -0.4 is 10.6 Å². The SMILES string of the molecule is CC1CC(NC(=O)C(CCC(=O)O)NC(=O)OCC2c3ccccc3-c3ccccc32)CC(C)O1. The van der Waals surface area contributed by atoms with Crippen molar-refractivity contribution in [3.05, 3.63) is 59.7 Å². The van der Waals surface area contributed by atoms with Crippen molar-refractivity contribution in [3.8, 4) is 11.1 Å². The molecule has 3 N–H and O–H groups in total. The lowest BCUT2D eigenvalue weighted by Gasteiger charge is -2.33. The van der Waals surface area contributed by atoms with E-state index in [1.165, 1.54) is 0 Å². The van der Waals surface area contributed by atoms with Crippen LogP contribution in [0.15, 0.2) is 48.5 Å². The van der Waals surface area contributed by atoms with E-state index in [1.54, 1.807) is 0 Å². The average Bonchev–Trinajstić information content (AvgIpc) is 3.13. The van der Waals surface area contributed by atoms with Crippen molar-refractivity contribution in [3.63, 3.8) is 0 Å². The molecule has 0 radical (unpaired) electrons. The number of hydrogen-bond acceptors (Lipinski definition) is 5. The number of carboxylic acids is 1. The molecule has 4 rings (SSSR count). The van der Waals surface area contributed by atoms with Crippen LogP contribution in [-0.2, 0) is 19.1 Å². The molecule has 1 fully saturated rings. The van der Waals surface area contributed by atoms with Crippen molar-refractivity contribution in [1.82, 2.24) is 10.6 Å². The van der Waals surface area contributed by atoms with Crippen molar-refractivity contribution in [1.29, 1.82) is 0 Å². The lowest BCUT2D eigenvalue weighted by molar-refractivity contribution is -0.137. The molecule has 1 saturated heterocycles. The predicted octanol–water partition coefficient (Wildman–Crippen LogP) is 3.83. The van der Waals surface area contributed by atoms with Crippen LogP contribution in [-0.4, -0.2) is 54.0 Å². The Balaban J connectivity index is 1.39. The van der Waals surface area contributed by atoms with Gasteiger partial charge in [0.1, 0.15) is 12.6 Å². The summed E-state index contributed by atoms with van der Waals surface area (Å²) in [7, 11) is 0. The van der Waals surface area contributed by atoms with E-state index >= 15 is 0 Å². The van der Waals surface area contributed by atoms with Crippen LogP contribution in [0.1, 0.15) is 56.6 Å². The second-order valence-electron chi connectivity index (χ2n) is 9.39. The Kier molecular flexibility index (Phi) is 7.70. The Bertz CT molecular complexity index is 1030. The number of ether oxygens (including phenoxy) is 2. The molecule has 1 aliphatic heterocycles. The molecule has 3 atom stereocenters. The molecule has 0 bridgehead atoms. The van der Waals surface area contributed by atoms with E-state index in [2.05, 4.69) is 22.8 Å². The molecule has 1 aliphatic carbocycles. The highest BCUT2D eigenvalue weighted by molar-refractivity contribution is 5.86. The number of carbonyl (C=O) groups is 3. The quantitative estimate of drug-likeness (QED) is 0.529. The molecule has 2 amide bonds. The minimum atomic E-state index is -1.04. The third kappa shape index (κ3) is 6.00. The minimum Gasteiger partial charge on any atom is -0.481 e. The van der Waals surface area contributed by atoms with Crippen LogP contribution in [0.3, 0.4) is 0 Å². The summed E-state index contributed by atoms with van der Waals surface area (Å²) in [5.41, 5.74) is 4.42. The van der Waals surface area contributed by atoms with Gasteiger partial charge in [0.05, 0.1) is 12.2 Å². The molecule has 2 aliphatic rings. The number of aliphatic carboxylic acids is 1. The maximum Gasteiger partial charge on any atom is 0.407 e. The van der Waals surface area contributed by atoms with Crippen LogP contribution in [0.25, 0.3) is 11.1 Å². The lowest BCUT2D eigenvalue weighted by atomic mass is 9.98. The first kappa shape index (κ1) is 24.7. The van der Waals surface area contributed by atoms with E-state index in [0.29, 0.717) is 12.8 Å². The standard InChI is InChI=1S/C27H32N2O6/c1-16-13-18(14-17(2)35-16)28-26(32)24(11-12-25(30)31)29-27(33)34-15-23-21-9-5-3-7-19(21)20-8-4-6-10-22(20)23/h3-10,16-18,23-24H,11-15H2,1-2H3,(H,28,32)(H,29,33)(H,30,31). The van der Waals surface area contributed by atoms with Gasteiger partial charge < -0.3 is 25.2 Å². The molecular formula is C27H32N2O6. The second kappa shape index (κ2) is 10.9. The van der Waals surface area contributed by atoms with Gasteiger partial charge in [-0.3, -0.25) is 9.59 Å². The molecule has 2 aromatic carbocycles. The summed E-state index contributed by atoms with van der Waals surface area (Å²) >= 11 is 0. The molecule has 0 aromatic heterocycles. The van der Waals surface area contributed by atoms with Crippen LogP contribution in [0.4, 0.5) is 4.79 Å². The van der Waals surface area contributed by atoms with Crippen molar-refractivity contribution >= 4 is 18.0 Å². The first-order valence-corrected chi connectivity index (χ1v) is 12.1. The summed E-state index contributed by atoms with van der Waals surface area (Å²) in [4.78, 5) is 36.8. The van der Waals surface area contributed by atoms with Gasteiger partial charge in [0.2, 0.25) is 5.91 Å². The smallest absolute Gasteiger partial charge is 0.407 e. The Morgan fingerprint density at radius 1 is 1.00 bits per heavy atom. The fourth-order valence-corrected chi connectivity index (χ4v) is 5.14. The van der Waals surface area contributed by atoms with E-state index in [9.17, 15) is 14.4 Å². The zero-order chi connectivity index (χ0) is 24.9. The van der Waals surface area contributed by atoms with Crippen molar-refractivity contribution in [2.24, 2.45) is 0 Å². The van der Waals surface area contributed by atoms with E-state index in [0.717, 1.165) is 22.3 Å². The summed E-state index contributed by atoms with van der Waals surface area (Å²) in [6.07, 6.45) is 0.320. The minimum absolute atomic E-state index is 0.0108. The van der Waals surface area contributed by atoms with E-state index in [1.807, 2.05) is 50.2 Å². The van der Waals surface area contributed by atoms with Gasteiger partial charge in [-0.1, -0.05) is 48.5 Å². The van der Waals surface area contributed by atoms with Gasteiger partial charge >= 0.3 is 12.1 Å². The topological polar surface area (TPSA) is 114 Å².